The van der Waals surface area contributed by atoms with E-state index in [2.05, 4.69) is 0 Å². The monoisotopic (exact) mass is 700 g/mol. The van der Waals surface area contributed by atoms with E-state index in [9.17, 15) is 24.9 Å². The summed E-state index contributed by atoms with van der Waals surface area (Å²) in [5.74, 6) is -2.45. The topological polar surface area (TPSA) is 181 Å². The van der Waals surface area contributed by atoms with Gasteiger partial charge >= 0.3 is 5.97 Å². The van der Waals surface area contributed by atoms with E-state index < -0.39 is 109 Å². The predicted molar refractivity (Wildman–Crippen MR) is 173 cm³/mol. The maximum Gasteiger partial charge on any atom is 0.330 e. The van der Waals surface area contributed by atoms with Crippen LogP contribution in [0.5, 0.6) is 0 Å². The minimum absolute atomic E-state index is 0.0234. The number of methoxy groups -OCH3 is 3. The maximum absolute atomic E-state index is 13.3. The second kappa shape index (κ2) is 17.1. The van der Waals surface area contributed by atoms with Crippen molar-refractivity contribution in [3.05, 3.63) is 24.3 Å². The number of carbonyl (C=O) groups is 2. The summed E-state index contributed by atoms with van der Waals surface area (Å²) in [6, 6.07) is 0. The fourth-order valence-electron chi connectivity index (χ4n) is 7.12. The number of cyclic esters (lactones) is 1. The number of rotatable bonds is 8. The second-order valence-electron chi connectivity index (χ2n) is 14.1. The van der Waals surface area contributed by atoms with Gasteiger partial charge in [0.25, 0.3) is 0 Å². The third-order valence-corrected chi connectivity index (χ3v) is 10.1. The molecule has 280 valence electrons. The van der Waals surface area contributed by atoms with E-state index in [1.165, 1.54) is 40.4 Å². The quantitative estimate of drug-likeness (QED) is 0.245. The van der Waals surface area contributed by atoms with Crippen molar-refractivity contribution in [3.63, 3.8) is 0 Å². The standard InChI is InChI=1S/C35H56O14/c1-17-10-13-26(37)46-20(4)22(16-44-34-32(43-9)31(42-8)27(38)21(5)47-34)30-23(48-30)11-12-25(36)35(6,40)15-18(2)29(17)49-33-28(39)24(41-7)14-19(3)45-33/h10-13,17-24,27-34,38-40H,14-16H2,1-9H3/t17?,18?,19-,20?,21+,22?,23?,24+,27+,28-,29?,30?,31+,32+,33+,34+,35?/m0/s1. The van der Waals surface area contributed by atoms with Gasteiger partial charge in [0, 0.05) is 45.7 Å². The zero-order valence-corrected chi connectivity index (χ0v) is 30.0. The molecule has 3 fully saturated rings. The Bertz CT molecular complexity index is 1160. The van der Waals surface area contributed by atoms with Gasteiger partial charge in [-0.25, -0.2) is 4.79 Å². The van der Waals surface area contributed by atoms with Crippen molar-refractivity contribution in [3.8, 4) is 0 Å². The van der Waals surface area contributed by atoms with Gasteiger partial charge in [-0.2, -0.15) is 0 Å². The highest BCUT2D eigenvalue weighted by molar-refractivity contribution is 5.96. The molecule has 14 nitrogen and oxygen atoms in total. The number of aliphatic hydroxyl groups is 3. The maximum atomic E-state index is 13.3. The van der Waals surface area contributed by atoms with Crippen LogP contribution in [0.15, 0.2) is 24.3 Å². The van der Waals surface area contributed by atoms with Crippen molar-refractivity contribution in [2.24, 2.45) is 17.8 Å². The number of ketones is 1. The molecule has 0 aromatic heterocycles. The Hall–Kier alpha value is -1.82. The molecule has 14 heteroatoms. The Kier molecular flexibility index (Phi) is 14.0. The molecule has 0 aromatic rings. The lowest BCUT2D eigenvalue weighted by Crippen LogP contribution is -2.59. The third kappa shape index (κ3) is 9.74. The molecule has 4 aliphatic rings. The molecular weight excluding hydrogens is 644 g/mol. The Labute approximate surface area is 288 Å². The van der Waals surface area contributed by atoms with Crippen LogP contribution < -0.4 is 0 Å². The van der Waals surface area contributed by atoms with Crippen molar-refractivity contribution in [2.45, 2.75) is 140 Å². The molecule has 4 rings (SSSR count). The second-order valence-corrected chi connectivity index (χ2v) is 14.1. The third-order valence-electron chi connectivity index (χ3n) is 10.1. The first-order valence-corrected chi connectivity index (χ1v) is 17.1. The number of hydrogen-bond acceptors (Lipinski definition) is 14. The largest absolute Gasteiger partial charge is 0.459 e. The predicted octanol–water partition coefficient (Wildman–Crippen LogP) is 1.46. The van der Waals surface area contributed by atoms with Crippen LogP contribution in [0.3, 0.4) is 0 Å². The van der Waals surface area contributed by atoms with Gasteiger partial charge in [0.2, 0.25) is 0 Å². The molecule has 3 N–H and O–H groups in total. The van der Waals surface area contributed by atoms with Gasteiger partial charge in [0.05, 0.1) is 37.1 Å². The number of esters is 1. The molecule has 8 unspecified atom stereocenters. The van der Waals surface area contributed by atoms with Crippen LogP contribution in [0.2, 0.25) is 0 Å². The fourth-order valence-corrected chi connectivity index (χ4v) is 7.12. The Morgan fingerprint density at radius 1 is 0.837 bits per heavy atom. The smallest absolute Gasteiger partial charge is 0.330 e. The van der Waals surface area contributed by atoms with E-state index in [1.807, 2.05) is 20.8 Å². The first-order chi connectivity index (χ1) is 23.1. The highest BCUT2D eigenvalue weighted by Crippen LogP contribution is 2.37. The zero-order chi connectivity index (χ0) is 36.2. The van der Waals surface area contributed by atoms with Crippen molar-refractivity contribution in [1.82, 2.24) is 0 Å². The molecule has 0 amide bonds. The summed E-state index contributed by atoms with van der Waals surface area (Å²) in [6.07, 6.45) is -2.67. The van der Waals surface area contributed by atoms with Gasteiger partial charge in [-0.3, -0.25) is 4.79 Å². The zero-order valence-electron chi connectivity index (χ0n) is 30.0. The van der Waals surface area contributed by atoms with Crippen LogP contribution in [0, 0.1) is 17.8 Å². The molecule has 49 heavy (non-hydrogen) atoms. The molecule has 0 bridgehead atoms. The lowest BCUT2D eigenvalue weighted by Gasteiger charge is -2.42. The Morgan fingerprint density at radius 3 is 2.18 bits per heavy atom. The minimum Gasteiger partial charge on any atom is -0.459 e. The van der Waals surface area contributed by atoms with Crippen molar-refractivity contribution >= 4 is 11.8 Å². The molecule has 4 aliphatic heterocycles. The molecule has 3 saturated heterocycles. The summed E-state index contributed by atoms with van der Waals surface area (Å²) in [7, 11) is 4.46. The van der Waals surface area contributed by atoms with Crippen LogP contribution in [-0.4, -0.2) is 140 Å². The summed E-state index contributed by atoms with van der Waals surface area (Å²) in [5, 5.41) is 32.8. The van der Waals surface area contributed by atoms with E-state index >= 15 is 0 Å². The van der Waals surface area contributed by atoms with Gasteiger partial charge in [-0.1, -0.05) is 19.9 Å². The molecule has 17 atom stereocenters. The lowest BCUT2D eigenvalue weighted by atomic mass is 9.82. The highest BCUT2D eigenvalue weighted by atomic mass is 16.7. The average Bonchev–Trinajstić information content (AvgIpc) is 3.82. The fraction of sp³-hybridized carbons (Fsp3) is 0.829. The van der Waals surface area contributed by atoms with Gasteiger partial charge in [-0.15, -0.1) is 0 Å². The van der Waals surface area contributed by atoms with Crippen LogP contribution in [-0.2, 0) is 52.2 Å². The van der Waals surface area contributed by atoms with Crippen LogP contribution in [0.1, 0.15) is 54.4 Å². The molecule has 0 aliphatic carbocycles. The van der Waals surface area contributed by atoms with Gasteiger partial charge < -0.3 is 58.0 Å². The molecule has 4 heterocycles. The SMILES string of the molecule is CO[C@@H]1[C@H](O)[C@@H](C)O[C@@H](OCC2C(C)OC(=O)C=CC(C)C(O[C@H]3O[C@@H](C)C[C@@H](OC)[C@@H]3O)C(C)CC(C)(O)C(=O)C=CC3OC32)[C@@H]1OC. The minimum atomic E-state index is -1.75. The van der Waals surface area contributed by atoms with Gasteiger partial charge in [-0.05, 0) is 52.2 Å². The van der Waals surface area contributed by atoms with Crippen LogP contribution >= 0.6 is 0 Å². The summed E-state index contributed by atoms with van der Waals surface area (Å²) < 4.78 is 52.6. The summed E-state index contributed by atoms with van der Waals surface area (Å²) in [4.78, 5) is 26.5. The first-order valence-electron chi connectivity index (χ1n) is 17.1. The summed E-state index contributed by atoms with van der Waals surface area (Å²) in [6.45, 7) is 10.4. The number of epoxide rings is 1. The van der Waals surface area contributed by atoms with Crippen LogP contribution in [0.4, 0.5) is 0 Å². The molecule has 0 saturated carbocycles. The van der Waals surface area contributed by atoms with E-state index in [1.54, 1.807) is 26.0 Å². The summed E-state index contributed by atoms with van der Waals surface area (Å²) >= 11 is 0. The molecule has 0 radical (unpaired) electrons. The van der Waals surface area contributed by atoms with Gasteiger partial charge in [0.1, 0.15) is 42.2 Å². The molecule has 0 aromatic carbocycles. The Balaban J connectivity index is 1.56. The first kappa shape index (κ1) is 40.0. The highest BCUT2D eigenvalue weighted by Gasteiger charge is 2.50. The van der Waals surface area contributed by atoms with Crippen molar-refractivity contribution in [2.75, 3.05) is 27.9 Å². The van der Waals surface area contributed by atoms with Crippen molar-refractivity contribution < 1.29 is 67.5 Å². The number of ether oxygens (including phenoxy) is 9. The number of aliphatic hydroxyl groups excluding tert-OH is 2. The molecule has 0 spiro atoms. The van der Waals surface area contributed by atoms with Crippen molar-refractivity contribution in [1.29, 1.82) is 0 Å². The lowest BCUT2D eigenvalue weighted by molar-refractivity contribution is -0.305. The average molecular weight is 701 g/mol. The number of fused-ring (bicyclic) bond motifs is 1. The number of carbonyl (C=O) groups excluding carboxylic acids is 2. The van der Waals surface area contributed by atoms with E-state index in [4.69, 9.17) is 42.6 Å². The van der Waals surface area contributed by atoms with E-state index in [0.29, 0.717) is 6.42 Å². The van der Waals surface area contributed by atoms with E-state index in [0.717, 1.165) is 0 Å². The van der Waals surface area contributed by atoms with E-state index in [-0.39, 0.29) is 19.1 Å². The normalized spacial score (nSPS) is 47.0. The molecular formula is C35H56O14. The van der Waals surface area contributed by atoms with Crippen LogP contribution in [0.25, 0.3) is 0 Å². The summed E-state index contributed by atoms with van der Waals surface area (Å²) in [5.41, 5.74) is -1.75. The number of hydrogen-bond donors (Lipinski definition) is 3. The van der Waals surface area contributed by atoms with Gasteiger partial charge in [0.15, 0.2) is 18.4 Å². The Morgan fingerprint density at radius 2 is 1.53 bits per heavy atom.